The molecule has 2 aromatic rings. The van der Waals surface area contributed by atoms with Crippen LogP contribution in [0, 0.1) is 0 Å². The summed E-state index contributed by atoms with van der Waals surface area (Å²) in [5.41, 5.74) is 1.90. The van der Waals surface area contributed by atoms with Gasteiger partial charge in [0.15, 0.2) is 0 Å². The largest absolute Gasteiger partial charge is 0.348 e. The van der Waals surface area contributed by atoms with Crippen LogP contribution in [0.5, 0.6) is 0 Å². The molecule has 1 aliphatic heterocycles. The summed E-state index contributed by atoms with van der Waals surface area (Å²) in [6.07, 6.45) is 6.25. The van der Waals surface area contributed by atoms with Gasteiger partial charge in [0.05, 0.1) is 6.04 Å². The molecule has 1 atom stereocenters. The quantitative estimate of drug-likeness (QED) is 0.881. The first-order chi connectivity index (χ1) is 11.8. The number of amides is 1. The van der Waals surface area contributed by atoms with E-state index in [2.05, 4.69) is 40.0 Å². The Labute approximate surface area is 154 Å². The molecular weight excluding hydrogens is 336 g/mol. The van der Waals surface area contributed by atoms with Crippen LogP contribution in [0.2, 0.25) is 0 Å². The molecule has 1 aliphatic carbocycles. The molecule has 1 saturated heterocycles. The van der Waals surface area contributed by atoms with E-state index in [0.717, 1.165) is 38.8 Å². The first-order valence-electron chi connectivity index (χ1n) is 8.91. The summed E-state index contributed by atoms with van der Waals surface area (Å²) < 4.78 is 1.94. The number of hydrogen-bond donors (Lipinski definition) is 2. The van der Waals surface area contributed by atoms with Gasteiger partial charge < -0.3 is 10.6 Å². The van der Waals surface area contributed by atoms with Crippen molar-refractivity contribution in [2.75, 3.05) is 13.1 Å². The minimum Gasteiger partial charge on any atom is -0.348 e. The van der Waals surface area contributed by atoms with Gasteiger partial charge in [0.1, 0.15) is 5.69 Å². The molecule has 0 spiro atoms. The number of carbonyl (C=O) groups excluding carboxylic acids is 1. The molecule has 0 bridgehead atoms. The summed E-state index contributed by atoms with van der Waals surface area (Å²) in [4.78, 5) is 12.4. The lowest BCUT2D eigenvalue weighted by Gasteiger charge is -2.36. The van der Waals surface area contributed by atoms with Gasteiger partial charge in [-0.05, 0) is 49.8 Å². The maximum absolute atomic E-state index is 12.4. The van der Waals surface area contributed by atoms with Crippen LogP contribution in [0.1, 0.15) is 53.7 Å². The second-order valence-corrected chi connectivity index (χ2v) is 6.93. The van der Waals surface area contributed by atoms with Gasteiger partial charge in [-0.15, -0.1) is 12.4 Å². The fraction of sp³-hybridized carbons (Fsp3) is 0.474. The van der Waals surface area contributed by atoms with Crippen LogP contribution in [-0.2, 0) is 0 Å². The summed E-state index contributed by atoms with van der Waals surface area (Å²) in [5.74, 6) is 0.524. The number of aromatic nitrogens is 2. The van der Waals surface area contributed by atoms with Crippen LogP contribution in [0.15, 0.2) is 42.6 Å². The molecule has 4 rings (SSSR count). The lowest BCUT2D eigenvalue weighted by atomic mass is 9.76. The molecule has 1 amide bonds. The highest BCUT2D eigenvalue weighted by atomic mass is 35.5. The van der Waals surface area contributed by atoms with Crippen LogP contribution in [0.3, 0.4) is 0 Å². The predicted octanol–water partition coefficient (Wildman–Crippen LogP) is 2.91. The number of piperidine rings is 1. The van der Waals surface area contributed by atoms with Crippen LogP contribution >= 0.6 is 12.4 Å². The van der Waals surface area contributed by atoms with E-state index in [9.17, 15) is 4.79 Å². The van der Waals surface area contributed by atoms with Crippen LogP contribution in [0.4, 0.5) is 0 Å². The van der Waals surface area contributed by atoms with Gasteiger partial charge in [0.2, 0.25) is 0 Å². The molecule has 25 heavy (non-hydrogen) atoms. The Bertz CT molecular complexity index is 690. The van der Waals surface area contributed by atoms with Crippen LogP contribution in [0.25, 0.3) is 0 Å². The summed E-state index contributed by atoms with van der Waals surface area (Å²) in [5, 5.41) is 11.0. The number of benzene rings is 1. The zero-order chi connectivity index (χ0) is 16.4. The van der Waals surface area contributed by atoms with Crippen LogP contribution < -0.4 is 10.6 Å². The molecule has 2 N–H and O–H groups in total. The Morgan fingerprint density at radius 2 is 2.00 bits per heavy atom. The normalized spacial score (nSPS) is 25.5. The Morgan fingerprint density at radius 3 is 2.72 bits per heavy atom. The van der Waals surface area contributed by atoms with E-state index < -0.39 is 0 Å². The van der Waals surface area contributed by atoms with Crippen molar-refractivity contribution in [1.29, 1.82) is 0 Å². The third-order valence-electron chi connectivity index (χ3n) is 5.23. The van der Waals surface area contributed by atoms with Gasteiger partial charge in [-0.25, -0.2) is 0 Å². The Kier molecular flexibility index (Phi) is 5.76. The number of carbonyl (C=O) groups is 1. The minimum absolute atomic E-state index is 0. The Balaban J connectivity index is 0.00000182. The van der Waals surface area contributed by atoms with E-state index in [1.807, 2.05) is 23.0 Å². The SMILES string of the molecule is Cl.O=C(NC1CC(c2ccccc2)C1)c1ccn(C2CCCNC2)n1. The molecule has 1 saturated carbocycles. The zero-order valence-electron chi connectivity index (χ0n) is 14.2. The average Bonchev–Trinajstić information content (AvgIpc) is 3.09. The number of hydrogen-bond acceptors (Lipinski definition) is 3. The summed E-state index contributed by atoms with van der Waals surface area (Å²) in [7, 11) is 0. The van der Waals surface area contributed by atoms with Gasteiger partial charge in [-0.1, -0.05) is 30.3 Å². The molecule has 1 aromatic heterocycles. The molecule has 2 fully saturated rings. The average molecular weight is 361 g/mol. The standard InChI is InChI=1S/C19H24N4O.ClH/c24-19(18-8-10-23(22-18)17-7-4-9-20-13-17)21-16-11-15(12-16)14-5-2-1-3-6-14;/h1-3,5-6,8,10,15-17,20H,4,7,9,11-13H2,(H,21,24);1H. The molecule has 1 unspecified atom stereocenters. The Hall–Kier alpha value is -1.85. The van der Waals surface area contributed by atoms with E-state index in [1.54, 1.807) is 0 Å². The van der Waals surface area contributed by atoms with Gasteiger partial charge >= 0.3 is 0 Å². The van der Waals surface area contributed by atoms with E-state index >= 15 is 0 Å². The third-order valence-corrected chi connectivity index (χ3v) is 5.23. The first-order valence-corrected chi connectivity index (χ1v) is 8.91. The fourth-order valence-corrected chi connectivity index (χ4v) is 3.71. The van der Waals surface area contributed by atoms with Gasteiger partial charge in [-0.3, -0.25) is 9.48 Å². The highest BCUT2D eigenvalue weighted by Crippen LogP contribution is 2.36. The van der Waals surface area contributed by atoms with Crippen molar-refractivity contribution in [3.05, 3.63) is 53.9 Å². The molecular formula is C19H25ClN4O. The van der Waals surface area contributed by atoms with Crippen LogP contribution in [-0.4, -0.2) is 34.8 Å². The van der Waals surface area contributed by atoms with E-state index in [0.29, 0.717) is 17.7 Å². The van der Waals surface area contributed by atoms with Crippen molar-refractivity contribution in [2.45, 2.75) is 43.7 Å². The summed E-state index contributed by atoms with van der Waals surface area (Å²) >= 11 is 0. The van der Waals surface area contributed by atoms with Gasteiger partial charge in [0.25, 0.3) is 5.91 Å². The second-order valence-electron chi connectivity index (χ2n) is 6.93. The summed E-state index contributed by atoms with van der Waals surface area (Å²) in [6.45, 7) is 2.01. The molecule has 2 heterocycles. The number of nitrogens with one attached hydrogen (secondary N) is 2. The maximum atomic E-state index is 12.4. The lowest BCUT2D eigenvalue weighted by Crippen LogP contribution is -2.43. The Morgan fingerprint density at radius 1 is 1.20 bits per heavy atom. The monoisotopic (exact) mass is 360 g/mol. The molecule has 1 aromatic carbocycles. The van der Waals surface area contributed by atoms with E-state index in [1.165, 1.54) is 5.56 Å². The number of halogens is 1. The van der Waals surface area contributed by atoms with Crippen molar-refractivity contribution >= 4 is 18.3 Å². The molecule has 2 aliphatic rings. The van der Waals surface area contributed by atoms with E-state index in [-0.39, 0.29) is 24.4 Å². The maximum Gasteiger partial charge on any atom is 0.271 e. The number of rotatable bonds is 4. The highest BCUT2D eigenvalue weighted by molar-refractivity contribution is 5.92. The first kappa shape index (κ1) is 18.0. The fourth-order valence-electron chi connectivity index (χ4n) is 3.71. The molecule has 6 heteroatoms. The van der Waals surface area contributed by atoms with E-state index in [4.69, 9.17) is 0 Å². The smallest absolute Gasteiger partial charge is 0.271 e. The topological polar surface area (TPSA) is 59.0 Å². The predicted molar refractivity (Wildman–Crippen MR) is 100 cm³/mol. The summed E-state index contributed by atoms with van der Waals surface area (Å²) in [6, 6.07) is 13.0. The molecule has 134 valence electrons. The molecule has 5 nitrogen and oxygen atoms in total. The minimum atomic E-state index is -0.0472. The van der Waals surface area contributed by atoms with Crippen molar-refractivity contribution in [3.8, 4) is 0 Å². The molecule has 0 radical (unpaired) electrons. The highest BCUT2D eigenvalue weighted by Gasteiger charge is 2.31. The van der Waals surface area contributed by atoms with Crippen molar-refractivity contribution in [3.63, 3.8) is 0 Å². The third kappa shape index (κ3) is 4.05. The van der Waals surface area contributed by atoms with Crippen molar-refractivity contribution < 1.29 is 4.79 Å². The van der Waals surface area contributed by atoms with Gasteiger partial charge in [0, 0.05) is 18.8 Å². The number of nitrogens with zero attached hydrogens (tertiary/aromatic N) is 2. The van der Waals surface area contributed by atoms with Crippen molar-refractivity contribution in [1.82, 2.24) is 20.4 Å². The van der Waals surface area contributed by atoms with Crippen molar-refractivity contribution in [2.24, 2.45) is 0 Å². The van der Waals surface area contributed by atoms with Gasteiger partial charge in [-0.2, -0.15) is 5.10 Å². The second kappa shape index (κ2) is 8.02. The zero-order valence-corrected chi connectivity index (χ0v) is 15.0. The lowest BCUT2D eigenvalue weighted by molar-refractivity contribution is 0.0902.